The van der Waals surface area contributed by atoms with Gasteiger partial charge in [0.25, 0.3) is 5.91 Å². The lowest BCUT2D eigenvalue weighted by molar-refractivity contribution is -0.140. The number of nitrogens with one attached hydrogen (secondary N) is 1. The van der Waals surface area contributed by atoms with Gasteiger partial charge in [0.1, 0.15) is 18.4 Å². The number of nitrogens with zero attached hydrogens (tertiary/aromatic N) is 1. The number of aliphatic carboxylic acids is 1. The monoisotopic (exact) mass is 342 g/mol. The van der Waals surface area contributed by atoms with Crippen LogP contribution in [0, 0.1) is 5.92 Å². The molecule has 0 aliphatic carbocycles. The predicted molar refractivity (Wildman–Crippen MR) is 93.4 cm³/mol. The highest BCUT2D eigenvalue weighted by Crippen LogP contribution is 2.15. The number of amides is 1. The molecule has 132 valence electrons. The van der Waals surface area contributed by atoms with Crippen LogP contribution in [0.25, 0.3) is 0 Å². The fraction of sp³-hybridized carbons (Fsp3) is 0.316. The molecule has 6 nitrogen and oxygen atoms in total. The van der Waals surface area contributed by atoms with Crippen molar-refractivity contribution < 1.29 is 19.4 Å². The Hall–Kier alpha value is -2.89. The first-order valence-corrected chi connectivity index (χ1v) is 8.16. The van der Waals surface area contributed by atoms with Crippen LogP contribution >= 0.6 is 0 Å². The van der Waals surface area contributed by atoms with Gasteiger partial charge in [0.15, 0.2) is 0 Å². The molecule has 1 aromatic heterocycles. The lowest BCUT2D eigenvalue weighted by atomic mass is 9.99. The van der Waals surface area contributed by atoms with Crippen molar-refractivity contribution in [2.45, 2.75) is 32.9 Å². The molecule has 0 saturated carbocycles. The van der Waals surface area contributed by atoms with Crippen LogP contribution in [0.3, 0.4) is 0 Å². The lowest BCUT2D eigenvalue weighted by Crippen LogP contribution is -2.45. The molecule has 0 bridgehead atoms. The number of ether oxygens (including phenoxy) is 1. The molecule has 0 spiro atoms. The van der Waals surface area contributed by atoms with Gasteiger partial charge in [-0.15, -0.1) is 0 Å². The minimum absolute atomic E-state index is 0.149. The van der Waals surface area contributed by atoms with Gasteiger partial charge in [0, 0.05) is 18.0 Å². The number of aromatic nitrogens is 1. The smallest absolute Gasteiger partial charge is 0.326 e. The molecule has 2 aromatic rings. The number of carbonyl (C=O) groups is 2. The number of hydrogen-bond acceptors (Lipinski definition) is 4. The van der Waals surface area contributed by atoms with Gasteiger partial charge in [-0.1, -0.05) is 20.3 Å². The second-order valence-corrected chi connectivity index (χ2v) is 5.84. The molecule has 6 heteroatoms. The summed E-state index contributed by atoms with van der Waals surface area (Å²) < 4.78 is 5.65. The molecule has 2 atom stereocenters. The average molecular weight is 342 g/mol. The van der Waals surface area contributed by atoms with Crippen molar-refractivity contribution in [1.82, 2.24) is 10.3 Å². The van der Waals surface area contributed by atoms with Crippen LogP contribution < -0.4 is 10.1 Å². The van der Waals surface area contributed by atoms with Crippen molar-refractivity contribution >= 4 is 11.9 Å². The van der Waals surface area contributed by atoms with Crippen molar-refractivity contribution in [1.29, 1.82) is 0 Å². The zero-order chi connectivity index (χ0) is 18.2. The maximum absolute atomic E-state index is 12.2. The van der Waals surface area contributed by atoms with Crippen molar-refractivity contribution in [3.63, 3.8) is 0 Å². The van der Waals surface area contributed by atoms with E-state index in [0.29, 0.717) is 24.3 Å². The van der Waals surface area contributed by atoms with Crippen molar-refractivity contribution in [2.24, 2.45) is 5.92 Å². The Morgan fingerprint density at radius 1 is 1.16 bits per heavy atom. The molecule has 0 aliphatic rings. The summed E-state index contributed by atoms with van der Waals surface area (Å²) in [5.41, 5.74) is 1.39. The second-order valence-electron chi connectivity index (χ2n) is 5.84. The van der Waals surface area contributed by atoms with Crippen molar-refractivity contribution in [3.8, 4) is 5.75 Å². The van der Waals surface area contributed by atoms with E-state index in [4.69, 9.17) is 4.74 Å². The van der Waals surface area contributed by atoms with Crippen LogP contribution in [0.1, 0.15) is 36.2 Å². The fourth-order valence-electron chi connectivity index (χ4n) is 2.26. The zero-order valence-electron chi connectivity index (χ0n) is 14.3. The van der Waals surface area contributed by atoms with Crippen LogP contribution in [-0.2, 0) is 11.4 Å². The van der Waals surface area contributed by atoms with Gasteiger partial charge in [0.05, 0.1) is 0 Å². The summed E-state index contributed by atoms with van der Waals surface area (Å²) in [6, 6.07) is 9.44. The fourth-order valence-corrected chi connectivity index (χ4v) is 2.26. The number of carboxylic acid groups (broad SMARTS) is 1. The Balaban J connectivity index is 1.96. The first-order chi connectivity index (χ1) is 12.0. The van der Waals surface area contributed by atoms with Gasteiger partial charge in [0.2, 0.25) is 0 Å². The van der Waals surface area contributed by atoms with Gasteiger partial charge in [-0.2, -0.15) is 0 Å². The Bertz CT molecular complexity index is 701. The SMILES string of the molecule is CCC(C)C(NC(=O)c1ccc(OCc2ccncc2)cc1)C(=O)O. The van der Waals surface area contributed by atoms with Crippen LogP contribution in [0.15, 0.2) is 48.8 Å². The molecule has 2 rings (SSSR count). The van der Waals surface area contributed by atoms with E-state index < -0.39 is 17.9 Å². The third kappa shape index (κ3) is 5.31. The maximum Gasteiger partial charge on any atom is 0.326 e. The number of pyridine rings is 1. The summed E-state index contributed by atoms with van der Waals surface area (Å²) in [4.78, 5) is 27.5. The molecule has 0 fully saturated rings. The number of carbonyl (C=O) groups excluding carboxylic acids is 1. The third-order valence-corrected chi connectivity index (χ3v) is 4.04. The number of hydrogen-bond donors (Lipinski definition) is 2. The Morgan fingerprint density at radius 3 is 2.36 bits per heavy atom. The van der Waals surface area contributed by atoms with Gasteiger partial charge in [-0.05, 0) is 47.9 Å². The normalized spacial score (nSPS) is 12.9. The largest absolute Gasteiger partial charge is 0.489 e. The van der Waals surface area contributed by atoms with E-state index in [2.05, 4.69) is 10.3 Å². The van der Waals surface area contributed by atoms with Crippen molar-refractivity contribution in [3.05, 3.63) is 59.9 Å². The maximum atomic E-state index is 12.2. The standard InChI is InChI=1S/C19H22N2O4/c1-3-13(2)17(19(23)24)21-18(22)15-4-6-16(7-5-15)25-12-14-8-10-20-11-9-14/h4-11,13,17H,3,12H2,1-2H3,(H,21,22)(H,23,24). The highest BCUT2D eigenvalue weighted by atomic mass is 16.5. The van der Waals surface area contributed by atoms with E-state index in [1.54, 1.807) is 43.6 Å². The minimum atomic E-state index is -1.03. The molecule has 0 aliphatic heterocycles. The van der Waals surface area contributed by atoms with Gasteiger partial charge >= 0.3 is 5.97 Å². The highest BCUT2D eigenvalue weighted by Gasteiger charge is 2.25. The molecule has 1 heterocycles. The zero-order valence-corrected chi connectivity index (χ0v) is 14.3. The number of rotatable bonds is 8. The van der Waals surface area contributed by atoms with Gasteiger partial charge < -0.3 is 15.2 Å². The van der Waals surface area contributed by atoms with Crippen LogP contribution in [0.4, 0.5) is 0 Å². The molecule has 1 amide bonds. The molecule has 2 unspecified atom stereocenters. The van der Waals surface area contributed by atoms with E-state index in [1.165, 1.54) is 0 Å². The molecule has 0 saturated heterocycles. The summed E-state index contributed by atoms with van der Waals surface area (Å²) in [6.07, 6.45) is 4.06. The Morgan fingerprint density at radius 2 is 1.80 bits per heavy atom. The lowest BCUT2D eigenvalue weighted by Gasteiger charge is -2.20. The number of benzene rings is 1. The number of carboxylic acids is 1. The molecule has 2 N–H and O–H groups in total. The third-order valence-electron chi connectivity index (χ3n) is 4.04. The van der Waals surface area contributed by atoms with E-state index in [1.807, 2.05) is 19.1 Å². The average Bonchev–Trinajstić information content (AvgIpc) is 2.64. The highest BCUT2D eigenvalue weighted by molar-refractivity contribution is 5.96. The Labute approximate surface area is 146 Å². The molecule has 25 heavy (non-hydrogen) atoms. The Kier molecular flexibility index (Phi) is 6.51. The predicted octanol–water partition coefficient (Wildman–Crippen LogP) is 2.89. The quantitative estimate of drug-likeness (QED) is 0.770. The summed E-state index contributed by atoms with van der Waals surface area (Å²) in [5, 5.41) is 11.8. The summed E-state index contributed by atoms with van der Waals surface area (Å²) in [6.45, 7) is 4.10. The van der Waals surface area contributed by atoms with E-state index in [0.717, 1.165) is 5.56 Å². The summed E-state index contributed by atoms with van der Waals surface area (Å²) in [7, 11) is 0. The minimum Gasteiger partial charge on any atom is -0.489 e. The summed E-state index contributed by atoms with van der Waals surface area (Å²) in [5.74, 6) is -0.956. The first-order valence-electron chi connectivity index (χ1n) is 8.16. The van der Waals surface area contributed by atoms with Gasteiger partial charge in [-0.3, -0.25) is 9.78 Å². The molecular formula is C19H22N2O4. The molecule has 0 radical (unpaired) electrons. The van der Waals surface area contributed by atoms with E-state index in [9.17, 15) is 14.7 Å². The summed E-state index contributed by atoms with van der Waals surface area (Å²) >= 11 is 0. The molecular weight excluding hydrogens is 320 g/mol. The van der Waals surface area contributed by atoms with Gasteiger partial charge in [-0.25, -0.2) is 4.79 Å². The van der Waals surface area contributed by atoms with Crippen LogP contribution in [-0.4, -0.2) is 28.0 Å². The molecule has 1 aromatic carbocycles. The van der Waals surface area contributed by atoms with E-state index in [-0.39, 0.29) is 5.92 Å². The first kappa shape index (κ1) is 18.4. The van der Waals surface area contributed by atoms with Crippen molar-refractivity contribution in [2.75, 3.05) is 0 Å². The van der Waals surface area contributed by atoms with Crippen LogP contribution in [0.5, 0.6) is 5.75 Å². The second kappa shape index (κ2) is 8.82. The van der Waals surface area contributed by atoms with Crippen LogP contribution in [0.2, 0.25) is 0 Å². The van der Waals surface area contributed by atoms with E-state index >= 15 is 0 Å². The topological polar surface area (TPSA) is 88.5 Å².